The van der Waals surface area contributed by atoms with Gasteiger partial charge in [-0.15, -0.1) is 0 Å². The number of hydrogen-bond donors (Lipinski definition) is 1. The number of nitrogens with two attached hydrogens (primary N) is 1. The van der Waals surface area contributed by atoms with Crippen LogP contribution in [0.5, 0.6) is 0 Å². The van der Waals surface area contributed by atoms with Crippen LogP contribution in [-0.4, -0.2) is 24.2 Å². The standard InChI is InChI=1S/C15H22BNO3/c1-14(2)15(3,4)20-16(19-14)12-8-5-11(6-9-12)7-10-13(17)18/h5-6,8-9H,7,10H2,1-4H3,(H2,17,18). The van der Waals surface area contributed by atoms with Gasteiger partial charge in [0.2, 0.25) is 5.91 Å². The minimum atomic E-state index is -0.342. The zero-order valence-corrected chi connectivity index (χ0v) is 12.6. The fourth-order valence-corrected chi connectivity index (χ4v) is 2.09. The van der Waals surface area contributed by atoms with Gasteiger partial charge in [0.1, 0.15) is 0 Å². The van der Waals surface area contributed by atoms with Crippen molar-refractivity contribution < 1.29 is 14.1 Å². The molecule has 4 nitrogen and oxygen atoms in total. The summed E-state index contributed by atoms with van der Waals surface area (Å²) in [6.45, 7) is 8.14. The van der Waals surface area contributed by atoms with E-state index in [-0.39, 0.29) is 24.2 Å². The molecule has 1 amide bonds. The van der Waals surface area contributed by atoms with E-state index in [1.807, 2.05) is 52.0 Å². The zero-order valence-electron chi connectivity index (χ0n) is 12.6. The van der Waals surface area contributed by atoms with Crippen LogP contribution in [0.15, 0.2) is 24.3 Å². The summed E-state index contributed by atoms with van der Waals surface area (Å²) < 4.78 is 12.0. The molecule has 0 unspecified atom stereocenters. The first-order valence-electron chi connectivity index (χ1n) is 6.94. The topological polar surface area (TPSA) is 61.5 Å². The summed E-state index contributed by atoms with van der Waals surface area (Å²) in [4.78, 5) is 10.8. The molecule has 108 valence electrons. The van der Waals surface area contributed by atoms with Gasteiger partial charge in [0, 0.05) is 6.42 Å². The molecule has 0 saturated carbocycles. The molecule has 2 rings (SSSR count). The first-order chi connectivity index (χ1) is 9.21. The summed E-state index contributed by atoms with van der Waals surface area (Å²) in [7, 11) is -0.342. The summed E-state index contributed by atoms with van der Waals surface area (Å²) in [6.07, 6.45) is 1.04. The summed E-state index contributed by atoms with van der Waals surface area (Å²) in [5, 5.41) is 0. The number of rotatable bonds is 4. The Balaban J connectivity index is 2.06. The van der Waals surface area contributed by atoms with Gasteiger partial charge in [-0.2, -0.15) is 0 Å². The molecule has 0 radical (unpaired) electrons. The molecule has 20 heavy (non-hydrogen) atoms. The predicted octanol–water partition coefficient (Wildman–Crippen LogP) is 1.40. The number of carbonyl (C=O) groups is 1. The number of benzene rings is 1. The van der Waals surface area contributed by atoms with Crippen LogP contribution < -0.4 is 11.2 Å². The van der Waals surface area contributed by atoms with Crippen molar-refractivity contribution in [3.63, 3.8) is 0 Å². The fourth-order valence-electron chi connectivity index (χ4n) is 2.09. The van der Waals surface area contributed by atoms with Crippen LogP contribution in [0.3, 0.4) is 0 Å². The highest BCUT2D eigenvalue weighted by molar-refractivity contribution is 6.62. The number of primary amides is 1. The van der Waals surface area contributed by atoms with Gasteiger partial charge >= 0.3 is 7.12 Å². The van der Waals surface area contributed by atoms with E-state index in [1.165, 1.54) is 0 Å². The highest BCUT2D eigenvalue weighted by Crippen LogP contribution is 2.36. The lowest BCUT2D eigenvalue weighted by atomic mass is 9.78. The molecular formula is C15H22BNO3. The second-order valence-corrected chi connectivity index (χ2v) is 6.30. The maximum atomic E-state index is 10.8. The van der Waals surface area contributed by atoms with E-state index in [0.29, 0.717) is 12.8 Å². The van der Waals surface area contributed by atoms with Gasteiger partial charge in [-0.3, -0.25) is 4.79 Å². The molecular weight excluding hydrogens is 253 g/mol. The maximum Gasteiger partial charge on any atom is 0.494 e. The average Bonchev–Trinajstić information content (AvgIpc) is 2.56. The molecule has 5 heteroatoms. The van der Waals surface area contributed by atoms with E-state index in [2.05, 4.69) is 0 Å². The maximum absolute atomic E-state index is 10.8. The molecule has 0 aliphatic carbocycles. The Hall–Kier alpha value is -1.33. The SMILES string of the molecule is CC1(C)OB(c2ccc(CCC(N)=O)cc2)OC1(C)C. The van der Waals surface area contributed by atoms with Crippen molar-refractivity contribution in [3.05, 3.63) is 29.8 Å². The van der Waals surface area contributed by atoms with E-state index >= 15 is 0 Å². The second kappa shape index (κ2) is 5.22. The molecule has 1 fully saturated rings. The Morgan fingerprint density at radius 1 is 1.10 bits per heavy atom. The lowest BCUT2D eigenvalue weighted by Crippen LogP contribution is -2.41. The highest BCUT2D eigenvalue weighted by atomic mass is 16.7. The third-order valence-corrected chi connectivity index (χ3v) is 4.17. The molecule has 0 atom stereocenters. The Morgan fingerprint density at radius 3 is 2.05 bits per heavy atom. The van der Waals surface area contributed by atoms with Crippen LogP contribution in [-0.2, 0) is 20.5 Å². The quantitative estimate of drug-likeness (QED) is 0.845. The van der Waals surface area contributed by atoms with Crippen molar-refractivity contribution in [1.29, 1.82) is 0 Å². The fraction of sp³-hybridized carbons (Fsp3) is 0.533. The van der Waals surface area contributed by atoms with Gasteiger partial charge in [0.05, 0.1) is 11.2 Å². The van der Waals surface area contributed by atoms with Gasteiger partial charge < -0.3 is 15.0 Å². The Kier molecular flexibility index (Phi) is 3.94. The van der Waals surface area contributed by atoms with Crippen LogP contribution in [0.1, 0.15) is 39.7 Å². The minimum absolute atomic E-state index is 0.278. The summed E-state index contributed by atoms with van der Waals surface area (Å²) in [5.74, 6) is -0.278. The Bertz CT molecular complexity index is 480. The van der Waals surface area contributed by atoms with Crippen molar-refractivity contribution in [3.8, 4) is 0 Å². The molecule has 1 aliphatic heterocycles. The molecule has 1 aliphatic rings. The molecule has 1 heterocycles. The molecule has 1 saturated heterocycles. The number of aryl methyl sites for hydroxylation is 1. The third kappa shape index (κ3) is 3.05. The molecule has 0 spiro atoms. The smallest absolute Gasteiger partial charge is 0.399 e. The van der Waals surface area contributed by atoms with Crippen LogP contribution in [0.25, 0.3) is 0 Å². The molecule has 1 aromatic carbocycles. The van der Waals surface area contributed by atoms with E-state index in [4.69, 9.17) is 15.0 Å². The first-order valence-corrected chi connectivity index (χ1v) is 6.94. The van der Waals surface area contributed by atoms with Crippen molar-refractivity contribution in [2.24, 2.45) is 5.73 Å². The largest absolute Gasteiger partial charge is 0.494 e. The van der Waals surface area contributed by atoms with Crippen molar-refractivity contribution >= 4 is 18.5 Å². The normalized spacial score (nSPS) is 20.1. The zero-order chi connectivity index (χ0) is 15.0. The van der Waals surface area contributed by atoms with Crippen LogP contribution in [0, 0.1) is 0 Å². The van der Waals surface area contributed by atoms with E-state index in [9.17, 15) is 4.79 Å². The van der Waals surface area contributed by atoms with Gasteiger partial charge in [-0.25, -0.2) is 0 Å². The third-order valence-electron chi connectivity index (χ3n) is 4.17. The predicted molar refractivity (Wildman–Crippen MR) is 79.7 cm³/mol. The van der Waals surface area contributed by atoms with Gasteiger partial charge in [0.25, 0.3) is 0 Å². The summed E-state index contributed by atoms with van der Waals surface area (Å²) >= 11 is 0. The number of amides is 1. The summed E-state index contributed by atoms with van der Waals surface area (Å²) in [5.41, 5.74) is 6.57. The van der Waals surface area contributed by atoms with Crippen LogP contribution >= 0.6 is 0 Å². The van der Waals surface area contributed by atoms with E-state index in [0.717, 1.165) is 11.0 Å². The highest BCUT2D eigenvalue weighted by Gasteiger charge is 2.51. The molecule has 0 aromatic heterocycles. The van der Waals surface area contributed by atoms with Gasteiger partial charge in [-0.05, 0) is 45.1 Å². The minimum Gasteiger partial charge on any atom is -0.399 e. The molecule has 1 aromatic rings. The van der Waals surface area contributed by atoms with Gasteiger partial charge in [0.15, 0.2) is 0 Å². The summed E-state index contributed by atoms with van der Waals surface area (Å²) in [6, 6.07) is 7.95. The van der Waals surface area contributed by atoms with E-state index in [1.54, 1.807) is 0 Å². The Morgan fingerprint density at radius 2 is 1.60 bits per heavy atom. The van der Waals surface area contributed by atoms with Gasteiger partial charge in [-0.1, -0.05) is 24.3 Å². The van der Waals surface area contributed by atoms with Crippen LogP contribution in [0.4, 0.5) is 0 Å². The van der Waals surface area contributed by atoms with Crippen molar-refractivity contribution in [1.82, 2.24) is 0 Å². The average molecular weight is 275 g/mol. The lowest BCUT2D eigenvalue weighted by molar-refractivity contribution is -0.117. The Labute approximate surface area is 120 Å². The molecule has 2 N–H and O–H groups in total. The van der Waals surface area contributed by atoms with Crippen molar-refractivity contribution in [2.75, 3.05) is 0 Å². The van der Waals surface area contributed by atoms with E-state index < -0.39 is 0 Å². The monoisotopic (exact) mass is 275 g/mol. The first kappa shape index (κ1) is 15.1. The van der Waals surface area contributed by atoms with Crippen molar-refractivity contribution in [2.45, 2.75) is 51.7 Å². The number of hydrogen-bond acceptors (Lipinski definition) is 3. The number of carbonyl (C=O) groups excluding carboxylic acids is 1. The lowest BCUT2D eigenvalue weighted by Gasteiger charge is -2.32. The molecule has 0 bridgehead atoms. The van der Waals surface area contributed by atoms with Crippen LogP contribution in [0.2, 0.25) is 0 Å². The second-order valence-electron chi connectivity index (χ2n) is 6.30.